The van der Waals surface area contributed by atoms with Gasteiger partial charge in [-0.15, -0.1) is 11.8 Å². The SMILES string of the molecule is CC(C)(C)OC(=O)N1CCC[C@H](CSc2nc3ccccc3nc2Cl)C1. The van der Waals surface area contributed by atoms with Gasteiger partial charge in [0.2, 0.25) is 0 Å². The fourth-order valence-electron chi connectivity index (χ4n) is 2.94. The van der Waals surface area contributed by atoms with Crippen LogP contribution in [0.5, 0.6) is 0 Å². The summed E-state index contributed by atoms with van der Waals surface area (Å²) in [7, 11) is 0. The van der Waals surface area contributed by atoms with Crippen molar-refractivity contribution in [1.82, 2.24) is 14.9 Å². The monoisotopic (exact) mass is 393 g/mol. The molecule has 0 bridgehead atoms. The van der Waals surface area contributed by atoms with Crippen molar-refractivity contribution in [2.45, 2.75) is 44.2 Å². The Hall–Kier alpha value is -1.53. The Kier molecular flexibility index (Phi) is 5.92. The largest absolute Gasteiger partial charge is 0.444 e. The van der Waals surface area contributed by atoms with Gasteiger partial charge in [-0.3, -0.25) is 0 Å². The fraction of sp³-hybridized carbons (Fsp3) is 0.526. The number of hydrogen-bond donors (Lipinski definition) is 0. The van der Waals surface area contributed by atoms with Gasteiger partial charge in [-0.05, 0) is 51.7 Å². The van der Waals surface area contributed by atoms with Crippen LogP contribution < -0.4 is 0 Å². The van der Waals surface area contributed by atoms with Crippen LogP contribution in [0.1, 0.15) is 33.6 Å². The van der Waals surface area contributed by atoms with Crippen molar-refractivity contribution < 1.29 is 9.53 Å². The summed E-state index contributed by atoms with van der Waals surface area (Å²) >= 11 is 7.90. The number of amides is 1. The number of likely N-dealkylation sites (tertiary alicyclic amines) is 1. The molecule has 1 saturated heterocycles. The number of thioether (sulfide) groups is 1. The lowest BCUT2D eigenvalue weighted by molar-refractivity contribution is 0.0177. The zero-order chi connectivity index (χ0) is 18.7. The normalized spacial score (nSPS) is 18.2. The van der Waals surface area contributed by atoms with Crippen LogP contribution >= 0.6 is 23.4 Å². The molecule has 7 heteroatoms. The predicted molar refractivity (Wildman–Crippen MR) is 106 cm³/mol. The van der Waals surface area contributed by atoms with Crippen molar-refractivity contribution in [1.29, 1.82) is 0 Å². The minimum Gasteiger partial charge on any atom is -0.444 e. The summed E-state index contributed by atoms with van der Waals surface area (Å²) in [6.45, 7) is 7.14. The predicted octanol–water partition coefficient (Wildman–Crippen LogP) is 5.02. The van der Waals surface area contributed by atoms with E-state index in [1.54, 1.807) is 11.8 Å². The van der Waals surface area contributed by atoms with Gasteiger partial charge in [0.05, 0.1) is 11.0 Å². The molecule has 0 unspecified atom stereocenters. The lowest BCUT2D eigenvalue weighted by Crippen LogP contribution is -2.43. The second-order valence-electron chi connectivity index (χ2n) is 7.55. The van der Waals surface area contributed by atoms with Gasteiger partial charge in [-0.1, -0.05) is 23.7 Å². The highest BCUT2D eigenvalue weighted by Gasteiger charge is 2.27. The summed E-state index contributed by atoms with van der Waals surface area (Å²) in [4.78, 5) is 23.1. The minimum atomic E-state index is -0.465. The molecule has 2 heterocycles. The topological polar surface area (TPSA) is 55.3 Å². The first kappa shape index (κ1) is 19.2. The zero-order valence-corrected chi connectivity index (χ0v) is 16.9. The van der Waals surface area contributed by atoms with E-state index >= 15 is 0 Å². The number of ether oxygens (including phenoxy) is 1. The second-order valence-corrected chi connectivity index (χ2v) is 8.92. The summed E-state index contributed by atoms with van der Waals surface area (Å²) in [6.07, 6.45) is 1.85. The Morgan fingerprint density at radius 2 is 2.00 bits per heavy atom. The van der Waals surface area contributed by atoms with Gasteiger partial charge in [-0.25, -0.2) is 14.8 Å². The highest BCUT2D eigenvalue weighted by Crippen LogP contribution is 2.30. The maximum absolute atomic E-state index is 12.3. The summed E-state index contributed by atoms with van der Waals surface area (Å²) in [5, 5.41) is 1.19. The molecule has 3 rings (SSSR count). The van der Waals surface area contributed by atoms with Crippen molar-refractivity contribution in [2.75, 3.05) is 18.8 Å². The number of para-hydroxylation sites is 2. The van der Waals surface area contributed by atoms with E-state index in [-0.39, 0.29) is 6.09 Å². The van der Waals surface area contributed by atoms with E-state index in [0.29, 0.717) is 17.6 Å². The van der Waals surface area contributed by atoms with Crippen molar-refractivity contribution in [3.63, 3.8) is 0 Å². The summed E-state index contributed by atoms with van der Waals surface area (Å²) in [6, 6.07) is 7.71. The number of rotatable bonds is 3. The van der Waals surface area contributed by atoms with Crippen molar-refractivity contribution in [3.05, 3.63) is 29.4 Å². The van der Waals surface area contributed by atoms with E-state index in [9.17, 15) is 4.79 Å². The van der Waals surface area contributed by atoms with Crippen molar-refractivity contribution in [3.8, 4) is 0 Å². The minimum absolute atomic E-state index is 0.226. The van der Waals surface area contributed by atoms with Crippen LogP contribution in [0.25, 0.3) is 11.0 Å². The van der Waals surface area contributed by atoms with Crippen LogP contribution in [-0.2, 0) is 4.74 Å². The molecule has 1 aliphatic rings. The third-order valence-electron chi connectivity index (χ3n) is 4.13. The first-order valence-electron chi connectivity index (χ1n) is 8.85. The van der Waals surface area contributed by atoms with Gasteiger partial charge < -0.3 is 9.64 Å². The molecule has 2 aromatic rings. The summed E-state index contributed by atoms with van der Waals surface area (Å²) < 4.78 is 5.49. The molecule has 0 spiro atoms. The smallest absolute Gasteiger partial charge is 0.410 e. The average molecular weight is 394 g/mol. The van der Waals surface area contributed by atoms with E-state index in [1.807, 2.05) is 49.9 Å². The van der Waals surface area contributed by atoms with Crippen LogP contribution in [0, 0.1) is 5.92 Å². The first-order chi connectivity index (χ1) is 12.3. The van der Waals surface area contributed by atoms with E-state index in [1.165, 1.54) is 0 Å². The van der Waals surface area contributed by atoms with E-state index in [4.69, 9.17) is 16.3 Å². The number of piperidine rings is 1. The van der Waals surface area contributed by atoms with Gasteiger partial charge in [0.15, 0.2) is 5.15 Å². The summed E-state index contributed by atoms with van der Waals surface area (Å²) in [5.74, 6) is 1.25. The number of nitrogens with zero attached hydrogens (tertiary/aromatic N) is 3. The van der Waals surface area contributed by atoms with E-state index in [2.05, 4.69) is 9.97 Å². The second kappa shape index (κ2) is 8.01. The van der Waals surface area contributed by atoms with Gasteiger partial charge >= 0.3 is 6.09 Å². The fourth-order valence-corrected chi connectivity index (χ4v) is 4.23. The molecule has 26 heavy (non-hydrogen) atoms. The maximum Gasteiger partial charge on any atom is 0.410 e. The summed E-state index contributed by atoms with van der Waals surface area (Å²) in [5.41, 5.74) is 1.18. The molecule has 1 fully saturated rings. The van der Waals surface area contributed by atoms with Gasteiger partial charge in [0.25, 0.3) is 0 Å². The molecule has 5 nitrogen and oxygen atoms in total. The lowest BCUT2D eigenvalue weighted by Gasteiger charge is -2.34. The highest BCUT2D eigenvalue weighted by atomic mass is 35.5. The van der Waals surface area contributed by atoms with Gasteiger partial charge in [0.1, 0.15) is 10.6 Å². The van der Waals surface area contributed by atoms with E-state index in [0.717, 1.165) is 41.2 Å². The molecule has 1 aromatic heterocycles. The number of carbonyl (C=O) groups excluding carboxylic acids is 1. The Labute approximate surface area is 163 Å². The van der Waals surface area contributed by atoms with Crippen LogP contribution in [0.2, 0.25) is 5.15 Å². The Morgan fingerprint density at radius 1 is 1.31 bits per heavy atom. The van der Waals surface area contributed by atoms with Crippen LogP contribution in [0.4, 0.5) is 4.79 Å². The van der Waals surface area contributed by atoms with Crippen molar-refractivity contribution >= 4 is 40.5 Å². The number of hydrogen-bond acceptors (Lipinski definition) is 5. The molecule has 0 aliphatic carbocycles. The molecule has 0 radical (unpaired) electrons. The third kappa shape index (κ3) is 5.01. The third-order valence-corrected chi connectivity index (χ3v) is 5.70. The number of fused-ring (bicyclic) bond motifs is 1. The molecule has 1 aliphatic heterocycles. The van der Waals surface area contributed by atoms with Crippen molar-refractivity contribution in [2.24, 2.45) is 5.92 Å². The quantitative estimate of drug-likeness (QED) is 0.685. The highest BCUT2D eigenvalue weighted by molar-refractivity contribution is 7.99. The molecule has 1 atom stereocenters. The zero-order valence-electron chi connectivity index (χ0n) is 15.4. The van der Waals surface area contributed by atoms with Gasteiger partial charge in [-0.2, -0.15) is 0 Å². The lowest BCUT2D eigenvalue weighted by atomic mass is 10.0. The molecular formula is C19H24ClN3O2S. The van der Waals surface area contributed by atoms with E-state index < -0.39 is 5.60 Å². The molecule has 0 saturated carbocycles. The number of carbonyl (C=O) groups is 1. The average Bonchev–Trinajstić information content (AvgIpc) is 2.58. The molecule has 1 amide bonds. The number of aromatic nitrogens is 2. The number of benzene rings is 1. The Morgan fingerprint density at radius 3 is 2.69 bits per heavy atom. The Balaban J connectivity index is 1.61. The Bertz CT molecular complexity index is 794. The molecule has 0 N–H and O–H groups in total. The molecule has 1 aromatic carbocycles. The first-order valence-corrected chi connectivity index (χ1v) is 10.2. The maximum atomic E-state index is 12.3. The van der Waals surface area contributed by atoms with Crippen LogP contribution in [0.15, 0.2) is 29.3 Å². The standard InChI is InChI=1S/C19H24ClN3O2S/c1-19(2,3)25-18(24)23-10-6-7-13(11-23)12-26-17-16(20)21-14-8-4-5-9-15(14)22-17/h4-5,8-9,13H,6-7,10-12H2,1-3H3/t13-/m0/s1. The van der Waals surface area contributed by atoms with Gasteiger partial charge in [0, 0.05) is 18.8 Å². The number of halogens is 1. The van der Waals surface area contributed by atoms with Crippen LogP contribution in [-0.4, -0.2) is 45.4 Å². The van der Waals surface area contributed by atoms with Crippen LogP contribution in [0.3, 0.4) is 0 Å². The molecule has 140 valence electrons. The molecular weight excluding hydrogens is 370 g/mol.